The van der Waals surface area contributed by atoms with Crippen LogP contribution in [0.3, 0.4) is 0 Å². The normalized spacial score (nSPS) is 18.2. The second kappa shape index (κ2) is 3.79. The van der Waals surface area contributed by atoms with Crippen molar-refractivity contribution < 1.29 is 0 Å². The number of hydrogen-bond donors (Lipinski definition) is 1. The van der Waals surface area contributed by atoms with Gasteiger partial charge in [-0.3, -0.25) is 0 Å². The highest BCUT2D eigenvalue weighted by molar-refractivity contribution is 5.39. The number of aryl methyl sites for hydroxylation is 1. The van der Waals surface area contributed by atoms with Crippen LogP contribution in [0.1, 0.15) is 63.9 Å². The molecule has 0 saturated heterocycles. The van der Waals surface area contributed by atoms with Crippen molar-refractivity contribution in [1.82, 2.24) is 9.55 Å². The van der Waals surface area contributed by atoms with Crippen molar-refractivity contribution in [3.05, 3.63) is 11.5 Å². The van der Waals surface area contributed by atoms with Gasteiger partial charge in [-0.1, -0.05) is 12.8 Å². The zero-order chi connectivity index (χ0) is 11.9. The summed E-state index contributed by atoms with van der Waals surface area (Å²) < 4.78 is 2.23. The molecule has 0 unspecified atom stereocenters. The van der Waals surface area contributed by atoms with E-state index in [1.54, 1.807) is 0 Å². The number of aromatic nitrogens is 2. The van der Waals surface area contributed by atoms with Crippen LogP contribution in [-0.4, -0.2) is 9.55 Å². The van der Waals surface area contributed by atoms with Crippen LogP contribution in [0.4, 0.5) is 5.82 Å². The maximum Gasteiger partial charge on any atom is 0.127 e. The summed E-state index contributed by atoms with van der Waals surface area (Å²) in [6.45, 7) is 8.60. The van der Waals surface area contributed by atoms with Crippen LogP contribution < -0.4 is 5.73 Å². The quantitative estimate of drug-likeness (QED) is 0.791. The molecule has 0 spiro atoms. The van der Waals surface area contributed by atoms with Crippen LogP contribution >= 0.6 is 0 Å². The summed E-state index contributed by atoms with van der Waals surface area (Å²) in [6, 6.07) is 0. The van der Waals surface area contributed by atoms with Crippen molar-refractivity contribution in [3.63, 3.8) is 0 Å². The molecule has 3 nitrogen and oxygen atoms in total. The third-order valence-corrected chi connectivity index (χ3v) is 3.51. The topological polar surface area (TPSA) is 43.8 Å². The number of nitrogen functional groups attached to an aromatic ring is 1. The van der Waals surface area contributed by atoms with E-state index < -0.39 is 0 Å². The number of nitrogens with zero attached hydrogens (tertiary/aromatic N) is 2. The molecule has 0 amide bonds. The monoisotopic (exact) mass is 221 g/mol. The van der Waals surface area contributed by atoms with Gasteiger partial charge in [-0.15, -0.1) is 0 Å². The number of rotatable bonds is 1. The molecule has 2 N–H and O–H groups in total. The Morgan fingerprint density at radius 3 is 2.31 bits per heavy atom. The molecular formula is C13H23N3. The van der Waals surface area contributed by atoms with Gasteiger partial charge >= 0.3 is 0 Å². The molecule has 90 valence electrons. The average molecular weight is 221 g/mol. The Morgan fingerprint density at radius 1 is 1.25 bits per heavy atom. The fraction of sp³-hybridized carbons (Fsp3) is 0.769. The second-order valence-corrected chi connectivity index (χ2v) is 5.93. The lowest BCUT2D eigenvalue weighted by Crippen LogP contribution is -2.26. The molecule has 1 aliphatic carbocycles. The summed E-state index contributed by atoms with van der Waals surface area (Å²) in [6.07, 6.45) is 5.21. The number of anilines is 1. The third kappa shape index (κ3) is 1.83. The minimum atomic E-state index is 0.0310. The Bertz CT molecular complexity index is 379. The Balaban J connectivity index is 2.48. The zero-order valence-corrected chi connectivity index (χ0v) is 10.9. The molecule has 16 heavy (non-hydrogen) atoms. The smallest absolute Gasteiger partial charge is 0.127 e. The predicted octanol–water partition coefficient (Wildman–Crippen LogP) is 3.19. The van der Waals surface area contributed by atoms with Crippen molar-refractivity contribution in [2.75, 3.05) is 5.73 Å². The first-order valence-corrected chi connectivity index (χ1v) is 6.26. The number of hydrogen-bond acceptors (Lipinski definition) is 2. The van der Waals surface area contributed by atoms with Gasteiger partial charge in [0.05, 0.1) is 5.69 Å². The fourth-order valence-corrected chi connectivity index (χ4v) is 2.73. The molecule has 1 heterocycles. The van der Waals surface area contributed by atoms with Gasteiger partial charge in [-0.25, -0.2) is 4.98 Å². The van der Waals surface area contributed by atoms with Crippen molar-refractivity contribution in [1.29, 1.82) is 0 Å². The van der Waals surface area contributed by atoms with E-state index >= 15 is 0 Å². The number of nitrogens with two attached hydrogens (primary N) is 1. The van der Waals surface area contributed by atoms with E-state index in [-0.39, 0.29) is 5.54 Å². The standard InChI is InChI=1S/C13H23N3/c1-9-11(14)16(13(2,3)4)12(15-9)10-7-5-6-8-10/h10H,5-8,14H2,1-4H3. The minimum absolute atomic E-state index is 0.0310. The van der Waals surface area contributed by atoms with E-state index in [1.807, 2.05) is 6.92 Å². The van der Waals surface area contributed by atoms with Crippen LogP contribution in [-0.2, 0) is 5.54 Å². The fourth-order valence-electron chi connectivity index (χ4n) is 2.73. The summed E-state index contributed by atoms with van der Waals surface area (Å²) in [4.78, 5) is 4.70. The lowest BCUT2D eigenvalue weighted by atomic mass is 10.0. The van der Waals surface area contributed by atoms with Crippen molar-refractivity contribution >= 4 is 5.82 Å². The Kier molecular flexibility index (Phi) is 2.72. The predicted molar refractivity (Wildman–Crippen MR) is 67.6 cm³/mol. The van der Waals surface area contributed by atoms with E-state index in [0.29, 0.717) is 5.92 Å². The highest BCUT2D eigenvalue weighted by atomic mass is 15.2. The highest BCUT2D eigenvalue weighted by Gasteiger charge is 2.28. The molecule has 0 radical (unpaired) electrons. The van der Waals surface area contributed by atoms with E-state index in [0.717, 1.165) is 11.5 Å². The first-order chi connectivity index (χ1) is 7.41. The summed E-state index contributed by atoms with van der Waals surface area (Å²) in [5.41, 5.74) is 7.17. The third-order valence-electron chi connectivity index (χ3n) is 3.51. The van der Waals surface area contributed by atoms with Gasteiger partial charge in [0, 0.05) is 11.5 Å². The largest absolute Gasteiger partial charge is 0.384 e. The van der Waals surface area contributed by atoms with E-state index in [1.165, 1.54) is 31.5 Å². The van der Waals surface area contributed by atoms with Crippen molar-refractivity contribution in [2.45, 2.75) is 64.8 Å². The molecule has 1 aromatic heterocycles. The average Bonchev–Trinajstić information content (AvgIpc) is 2.73. The summed E-state index contributed by atoms with van der Waals surface area (Å²) in [7, 11) is 0. The van der Waals surface area contributed by atoms with Gasteiger partial charge in [0.1, 0.15) is 11.6 Å². The second-order valence-electron chi connectivity index (χ2n) is 5.93. The molecule has 0 atom stereocenters. The van der Waals surface area contributed by atoms with Crippen molar-refractivity contribution in [2.24, 2.45) is 0 Å². The minimum Gasteiger partial charge on any atom is -0.384 e. The van der Waals surface area contributed by atoms with Gasteiger partial charge in [-0.2, -0.15) is 0 Å². The lowest BCUT2D eigenvalue weighted by molar-refractivity contribution is 0.377. The summed E-state index contributed by atoms with van der Waals surface area (Å²) in [5, 5.41) is 0. The zero-order valence-electron chi connectivity index (χ0n) is 10.9. The SMILES string of the molecule is Cc1nc(C2CCCC2)n(C(C)(C)C)c1N. The van der Waals surface area contributed by atoms with Gasteiger partial charge in [-0.05, 0) is 40.5 Å². The molecule has 0 bridgehead atoms. The van der Waals surface area contributed by atoms with Gasteiger partial charge in [0.2, 0.25) is 0 Å². The molecule has 0 aliphatic heterocycles. The maximum atomic E-state index is 6.16. The van der Waals surface area contributed by atoms with Crippen LogP contribution in [0.25, 0.3) is 0 Å². The van der Waals surface area contributed by atoms with E-state index in [4.69, 9.17) is 10.7 Å². The van der Waals surface area contributed by atoms with Crippen LogP contribution in [0.5, 0.6) is 0 Å². The Hall–Kier alpha value is -0.990. The molecule has 0 aromatic carbocycles. The molecule has 1 saturated carbocycles. The van der Waals surface area contributed by atoms with Crippen LogP contribution in [0.15, 0.2) is 0 Å². The van der Waals surface area contributed by atoms with Crippen LogP contribution in [0.2, 0.25) is 0 Å². The molecule has 1 aliphatic rings. The first kappa shape index (κ1) is 11.5. The summed E-state index contributed by atoms with van der Waals surface area (Å²) >= 11 is 0. The first-order valence-electron chi connectivity index (χ1n) is 6.26. The van der Waals surface area contributed by atoms with Gasteiger partial charge < -0.3 is 10.3 Å². The van der Waals surface area contributed by atoms with Crippen molar-refractivity contribution in [3.8, 4) is 0 Å². The van der Waals surface area contributed by atoms with Gasteiger partial charge in [0.15, 0.2) is 0 Å². The van der Waals surface area contributed by atoms with Gasteiger partial charge in [0.25, 0.3) is 0 Å². The molecule has 1 fully saturated rings. The Labute approximate surface area is 98.1 Å². The molecule has 3 heteroatoms. The summed E-state index contributed by atoms with van der Waals surface area (Å²) in [5.74, 6) is 2.67. The van der Waals surface area contributed by atoms with E-state index in [2.05, 4.69) is 25.3 Å². The van der Waals surface area contributed by atoms with Crippen LogP contribution in [0, 0.1) is 6.92 Å². The lowest BCUT2D eigenvalue weighted by Gasteiger charge is -2.26. The Morgan fingerprint density at radius 2 is 1.81 bits per heavy atom. The van der Waals surface area contributed by atoms with E-state index in [9.17, 15) is 0 Å². The highest BCUT2D eigenvalue weighted by Crippen LogP contribution is 2.37. The molecule has 2 rings (SSSR count). The maximum absolute atomic E-state index is 6.16. The molecule has 1 aromatic rings. The number of imidazole rings is 1. The molecular weight excluding hydrogens is 198 g/mol.